The third-order valence-electron chi connectivity index (χ3n) is 3.77. The molecule has 0 fully saturated rings. The highest BCUT2D eigenvalue weighted by atomic mass is 16.5. The molecule has 0 aromatic heterocycles. The maximum absolute atomic E-state index is 10.4. The maximum atomic E-state index is 10.4. The molecule has 0 aliphatic carbocycles. The van der Waals surface area contributed by atoms with Gasteiger partial charge in [-0.1, -0.05) is 44.1 Å². The Kier molecular flexibility index (Phi) is 10.6. The summed E-state index contributed by atoms with van der Waals surface area (Å²) in [5, 5.41) is 18.4. The average Bonchev–Trinajstić information content (AvgIpc) is 2.57. The number of ether oxygens (including phenoxy) is 1. The zero-order valence-corrected chi connectivity index (χ0v) is 14.6. The highest BCUT2D eigenvalue weighted by molar-refractivity contribution is 5.66. The predicted octanol–water partition coefficient (Wildman–Crippen LogP) is 4.36. The summed E-state index contributed by atoms with van der Waals surface area (Å²) in [5.74, 6) is 0.00643. The molecule has 134 valence electrons. The van der Waals surface area contributed by atoms with Gasteiger partial charge in [-0.15, -0.1) is 0 Å². The van der Waals surface area contributed by atoms with Gasteiger partial charge in [-0.3, -0.25) is 4.79 Å². The minimum absolute atomic E-state index is 0.185. The van der Waals surface area contributed by atoms with Crippen molar-refractivity contribution in [3.63, 3.8) is 0 Å². The number of allylic oxidation sites excluding steroid dienone is 1. The summed E-state index contributed by atoms with van der Waals surface area (Å²) >= 11 is 0. The lowest BCUT2D eigenvalue weighted by Crippen LogP contribution is -2.16. The Morgan fingerprint density at radius 3 is 2.58 bits per heavy atom. The van der Waals surface area contributed by atoms with E-state index in [0.717, 1.165) is 18.6 Å². The first-order valence-corrected chi connectivity index (χ1v) is 8.88. The van der Waals surface area contributed by atoms with Crippen LogP contribution in [-0.2, 0) is 11.2 Å². The molecule has 2 N–H and O–H groups in total. The number of carboxylic acids is 1. The Hall–Kier alpha value is -1.81. The monoisotopic (exact) mass is 334 g/mol. The minimum atomic E-state index is -0.770. The molecule has 1 atom stereocenters. The Labute approximate surface area is 145 Å². The van der Waals surface area contributed by atoms with Gasteiger partial charge < -0.3 is 14.9 Å². The lowest BCUT2D eigenvalue weighted by atomic mass is 10.1. The summed E-state index contributed by atoms with van der Waals surface area (Å²) in [5.41, 5.74) is 1.32. The lowest BCUT2D eigenvalue weighted by molar-refractivity contribution is -0.137. The van der Waals surface area contributed by atoms with Crippen LogP contribution in [0.2, 0.25) is 0 Å². The number of aliphatic hydroxyl groups is 1. The second-order valence-corrected chi connectivity index (χ2v) is 6.06. The molecule has 1 aromatic carbocycles. The summed E-state index contributed by atoms with van der Waals surface area (Å²) in [6.45, 7) is 2.46. The first-order chi connectivity index (χ1) is 11.6. The zero-order chi connectivity index (χ0) is 17.6. The fourth-order valence-corrected chi connectivity index (χ4v) is 2.33. The van der Waals surface area contributed by atoms with Crippen LogP contribution in [-0.4, -0.2) is 28.9 Å². The van der Waals surface area contributed by atoms with E-state index in [1.165, 1.54) is 24.8 Å². The van der Waals surface area contributed by atoms with Gasteiger partial charge >= 0.3 is 5.97 Å². The molecule has 0 saturated heterocycles. The van der Waals surface area contributed by atoms with Crippen LogP contribution in [0.5, 0.6) is 5.75 Å². The first-order valence-electron chi connectivity index (χ1n) is 8.88. The Bertz CT molecular complexity index is 479. The molecule has 24 heavy (non-hydrogen) atoms. The van der Waals surface area contributed by atoms with Gasteiger partial charge in [-0.05, 0) is 49.8 Å². The van der Waals surface area contributed by atoms with Gasteiger partial charge in [0.1, 0.15) is 12.4 Å². The number of aryl methyl sites for hydroxylation is 1. The van der Waals surface area contributed by atoms with Crippen molar-refractivity contribution in [3.8, 4) is 5.75 Å². The van der Waals surface area contributed by atoms with Crippen LogP contribution < -0.4 is 4.74 Å². The third kappa shape index (κ3) is 10.1. The van der Waals surface area contributed by atoms with E-state index in [2.05, 4.69) is 19.1 Å². The summed E-state index contributed by atoms with van der Waals surface area (Å²) < 4.78 is 5.60. The second-order valence-electron chi connectivity index (χ2n) is 6.06. The second kappa shape index (κ2) is 12.6. The van der Waals surface area contributed by atoms with Crippen LogP contribution in [0.25, 0.3) is 0 Å². The van der Waals surface area contributed by atoms with Gasteiger partial charge in [0.05, 0.1) is 6.10 Å². The van der Waals surface area contributed by atoms with Gasteiger partial charge in [0, 0.05) is 6.42 Å². The molecule has 0 saturated carbocycles. The van der Waals surface area contributed by atoms with Crippen molar-refractivity contribution in [2.75, 3.05) is 6.61 Å². The molecule has 0 aliphatic heterocycles. The molecule has 0 spiro atoms. The van der Waals surface area contributed by atoms with E-state index in [9.17, 15) is 9.90 Å². The fourth-order valence-electron chi connectivity index (χ4n) is 2.33. The summed E-state index contributed by atoms with van der Waals surface area (Å²) in [4.78, 5) is 10.4. The van der Waals surface area contributed by atoms with Gasteiger partial charge in [-0.2, -0.15) is 0 Å². The molecular weight excluding hydrogens is 304 g/mol. The normalized spacial score (nSPS) is 12.4. The number of carbonyl (C=O) groups is 1. The standard InChI is InChI=1S/C20H30O4/c1-2-3-6-9-17-12-14-19(15-13-17)24-16-18(21)10-7-4-5-8-11-20(22)23/h4,7,12-15,18,21H,2-3,5-6,8-11,16H2,1H3,(H,22,23). The van der Waals surface area contributed by atoms with E-state index in [-0.39, 0.29) is 13.0 Å². The number of aliphatic hydroxyl groups excluding tert-OH is 1. The van der Waals surface area contributed by atoms with Crippen molar-refractivity contribution in [1.82, 2.24) is 0 Å². The Morgan fingerprint density at radius 2 is 1.92 bits per heavy atom. The summed E-state index contributed by atoms with van der Waals surface area (Å²) in [6, 6.07) is 8.07. The zero-order valence-electron chi connectivity index (χ0n) is 14.6. The average molecular weight is 334 g/mol. The summed E-state index contributed by atoms with van der Waals surface area (Å²) in [6.07, 6.45) is 10.1. The molecule has 0 aliphatic rings. The van der Waals surface area contributed by atoms with E-state index in [1.807, 2.05) is 24.3 Å². The largest absolute Gasteiger partial charge is 0.491 e. The smallest absolute Gasteiger partial charge is 0.303 e. The van der Waals surface area contributed by atoms with Gasteiger partial charge in [-0.25, -0.2) is 0 Å². The van der Waals surface area contributed by atoms with Crippen LogP contribution in [0.3, 0.4) is 0 Å². The molecule has 0 heterocycles. The van der Waals surface area contributed by atoms with Gasteiger partial charge in [0.15, 0.2) is 0 Å². The molecule has 1 aromatic rings. The van der Waals surface area contributed by atoms with E-state index in [4.69, 9.17) is 9.84 Å². The third-order valence-corrected chi connectivity index (χ3v) is 3.77. The minimum Gasteiger partial charge on any atom is -0.491 e. The molecule has 4 heteroatoms. The van der Waals surface area contributed by atoms with Crippen molar-refractivity contribution >= 4 is 5.97 Å². The van der Waals surface area contributed by atoms with E-state index >= 15 is 0 Å². The topological polar surface area (TPSA) is 66.8 Å². The fraction of sp³-hybridized carbons (Fsp3) is 0.550. The summed E-state index contributed by atoms with van der Waals surface area (Å²) in [7, 11) is 0. The van der Waals surface area contributed by atoms with Crippen LogP contribution in [0.15, 0.2) is 36.4 Å². The number of carboxylic acid groups (broad SMARTS) is 1. The van der Waals surface area contributed by atoms with Crippen molar-refractivity contribution in [2.24, 2.45) is 0 Å². The van der Waals surface area contributed by atoms with Crippen LogP contribution in [0.4, 0.5) is 0 Å². The molecule has 0 bridgehead atoms. The van der Waals surface area contributed by atoms with Gasteiger partial charge in [0.25, 0.3) is 0 Å². The highest BCUT2D eigenvalue weighted by Crippen LogP contribution is 2.15. The Balaban J connectivity index is 2.18. The van der Waals surface area contributed by atoms with E-state index in [0.29, 0.717) is 12.8 Å². The molecule has 0 amide bonds. The SMILES string of the molecule is CCCCCc1ccc(OCC(O)CC=CCCCC(=O)O)cc1. The van der Waals surface area contributed by atoms with Crippen molar-refractivity contribution in [1.29, 1.82) is 0 Å². The van der Waals surface area contributed by atoms with Crippen LogP contribution >= 0.6 is 0 Å². The number of hydrogen-bond acceptors (Lipinski definition) is 3. The van der Waals surface area contributed by atoms with E-state index < -0.39 is 12.1 Å². The highest BCUT2D eigenvalue weighted by Gasteiger charge is 2.03. The molecule has 4 nitrogen and oxygen atoms in total. The van der Waals surface area contributed by atoms with Crippen molar-refractivity contribution < 1.29 is 19.7 Å². The predicted molar refractivity (Wildman–Crippen MR) is 96.4 cm³/mol. The van der Waals surface area contributed by atoms with Crippen LogP contribution in [0.1, 0.15) is 57.4 Å². The number of hydrogen-bond donors (Lipinski definition) is 2. The number of rotatable bonds is 13. The lowest BCUT2D eigenvalue weighted by Gasteiger charge is -2.11. The molecule has 0 radical (unpaired) electrons. The van der Waals surface area contributed by atoms with Crippen molar-refractivity contribution in [2.45, 2.75) is 64.4 Å². The van der Waals surface area contributed by atoms with Crippen LogP contribution in [0, 0.1) is 0 Å². The first kappa shape index (κ1) is 20.2. The number of aliphatic carboxylic acids is 1. The number of benzene rings is 1. The molecule has 1 rings (SSSR count). The van der Waals surface area contributed by atoms with Gasteiger partial charge in [0.2, 0.25) is 0 Å². The number of unbranched alkanes of at least 4 members (excludes halogenated alkanes) is 3. The molecular formula is C20H30O4. The maximum Gasteiger partial charge on any atom is 0.303 e. The quantitative estimate of drug-likeness (QED) is 0.415. The molecule has 1 unspecified atom stereocenters. The Morgan fingerprint density at radius 1 is 1.17 bits per heavy atom. The van der Waals surface area contributed by atoms with Crippen molar-refractivity contribution in [3.05, 3.63) is 42.0 Å². The van der Waals surface area contributed by atoms with E-state index in [1.54, 1.807) is 0 Å².